The lowest BCUT2D eigenvalue weighted by Crippen LogP contribution is -1.85. The van der Waals surface area contributed by atoms with Crippen LogP contribution < -0.4 is 0 Å². The average Bonchev–Trinajstić information content (AvgIpc) is 2.78. The Morgan fingerprint density at radius 1 is 1.39 bits per heavy atom. The molecule has 2 rings (SSSR count). The summed E-state index contributed by atoms with van der Waals surface area (Å²) in [4.78, 5) is 10.3. The quantitative estimate of drug-likeness (QED) is 0.802. The predicted molar refractivity (Wildman–Crippen MR) is 62.8 cm³/mol. The average molecular weight is 246 g/mol. The van der Waals surface area contributed by atoms with Crippen LogP contribution in [0, 0.1) is 6.92 Å². The van der Waals surface area contributed by atoms with Crippen LogP contribution in [0.15, 0.2) is 28.7 Å². The van der Waals surface area contributed by atoms with E-state index < -0.39 is 5.97 Å². The number of carbonyl (C=O) groups is 1. The summed E-state index contributed by atoms with van der Waals surface area (Å²) < 4.78 is 5.27. The summed E-state index contributed by atoms with van der Waals surface area (Å²) in [7, 11) is 0. The third kappa shape index (κ3) is 2.37. The number of aromatic nitrogens is 2. The van der Waals surface area contributed by atoms with Crippen LogP contribution in [0.25, 0.3) is 17.5 Å². The molecule has 0 unspecified atom stereocenters. The maximum Gasteiger partial charge on any atom is 0.328 e. The van der Waals surface area contributed by atoms with Crippen LogP contribution >= 0.6 is 0 Å². The molecule has 0 aliphatic heterocycles. The minimum atomic E-state index is -1.09. The van der Waals surface area contributed by atoms with Gasteiger partial charge in [0.15, 0.2) is 0 Å². The van der Waals surface area contributed by atoms with Crippen LogP contribution in [-0.2, 0) is 4.79 Å². The molecule has 1 heterocycles. The van der Waals surface area contributed by atoms with Crippen molar-refractivity contribution < 1.29 is 19.4 Å². The van der Waals surface area contributed by atoms with Crippen molar-refractivity contribution in [3.63, 3.8) is 0 Å². The number of hydrogen-bond donors (Lipinski definition) is 2. The Hall–Kier alpha value is -2.63. The summed E-state index contributed by atoms with van der Waals surface area (Å²) >= 11 is 0. The van der Waals surface area contributed by atoms with Crippen molar-refractivity contribution in [3.8, 4) is 17.2 Å². The summed E-state index contributed by atoms with van der Waals surface area (Å²) in [6, 6.07) is 4.95. The summed E-state index contributed by atoms with van der Waals surface area (Å²) in [6.45, 7) is 1.72. The van der Waals surface area contributed by atoms with E-state index in [1.54, 1.807) is 25.1 Å². The highest BCUT2D eigenvalue weighted by atomic mass is 16.4. The number of carboxylic acids is 1. The number of nitrogens with zero attached hydrogens (tertiary/aromatic N) is 2. The van der Waals surface area contributed by atoms with E-state index in [1.807, 2.05) is 0 Å². The Bertz CT molecular complexity index is 616. The second kappa shape index (κ2) is 4.70. The van der Waals surface area contributed by atoms with Crippen LogP contribution in [0.2, 0.25) is 0 Å². The Kier molecular flexibility index (Phi) is 3.09. The lowest BCUT2D eigenvalue weighted by molar-refractivity contribution is -0.131. The molecule has 6 nitrogen and oxygen atoms in total. The number of benzene rings is 1. The molecule has 0 saturated carbocycles. The van der Waals surface area contributed by atoms with Crippen molar-refractivity contribution in [1.82, 2.24) is 10.2 Å². The number of phenolic OH excluding ortho intramolecular Hbond substituents is 1. The molecule has 0 bridgehead atoms. The largest absolute Gasteiger partial charge is 0.508 e. The molecule has 0 fully saturated rings. The van der Waals surface area contributed by atoms with Crippen LogP contribution in [0.4, 0.5) is 0 Å². The molecule has 18 heavy (non-hydrogen) atoms. The molecular formula is C12H10N2O4. The van der Waals surface area contributed by atoms with Gasteiger partial charge in [-0.05, 0) is 19.1 Å². The second-order valence-electron chi connectivity index (χ2n) is 3.57. The first-order chi connectivity index (χ1) is 8.58. The van der Waals surface area contributed by atoms with Gasteiger partial charge in [0.1, 0.15) is 5.75 Å². The standard InChI is InChI=1S/C12H10N2O4/c1-7-8(3-2-4-9(7)15)12-14-13-10(18-12)5-6-11(16)17/h2-6,15H,1H3,(H,16,17)/b6-5+. The molecule has 92 valence electrons. The van der Waals surface area contributed by atoms with Gasteiger partial charge in [-0.3, -0.25) is 0 Å². The van der Waals surface area contributed by atoms with E-state index in [1.165, 1.54) is 6.08 Å². The molecule has 1 aromatic heterocycles. The second-order valence-corrected chi connectivity index (χ2v) is 3.57. The molecule has 0 aliphatic rings. The third-order valence-electron chi connectivity index (χ3n) is 2.34. The van der Waals surface area contributed by atoms with Gasteiger partial charge in [-0.15, -0.1) is 10.2 Å². The minimum absolute atomic E-state index is 0.0927. The van der Waals surface area contributed by atoms with E-state index >= 15 is 0 Å². The lowest BCUT2D eigenvalue weighted by Gasteiger charge is -2.02. The number of aliphatic carboxylic acids is 1. The molecule has 2 N–H and O–H groups in total. The van der Waals surface area contributed by atoms with E-state index in [4.69, 9.17) is 9.52 Å². The zero-order valence-electron chi connectivity index (χ0n) is 9.49. The Morgan fingerprint density at radius 3 is 2.89 bits per heavy atom. The first-order valence-electron chi connectivity index (χ1n) is 5.11. The Balaban J connectivity index is 2.35. The van der Waals surface area contributed by atoms with Crippen molar-refractivity contribution in [2.24, 2.45) is 0 Å². The smallest absolute Gasteiger partial charge is 0.328 e. The van der Waals surface area contributed by atoms with E-state index in [2.05, 4.69) is 10.2 Å². The maximum absolute atomic E-state index is 10.3. The van der Waals surface area contributed by atoms with Gasteiger partial charge in [0.25, 0.3) is 0 Å². The molecule has 0 amide bonds. The fourth-order valence-corrected chi connectivity index (χ4v) is 1.41. The minimum Gasteiger partial charge on any atom is -0.508 e. The van der Waals surface area contributed by atoms with E-state index in [0.717, 1.165) is 6.08 Å². The molecule has 1 aromatic carbocycles. The van der Waals surface area contributed by atoms with E-state index in [0.29, 0.717) is 11.1 Å². The van der Waals surface area contributed by atoms with Crippen molar-refractivity contribution in [1.29, 1.82) is 0 Å². The van der Waals surface area contributed by atoms with Crippen LogP contribution in [0.3, 0.4) is 0 Å². The molecule has 0 radical (unpaired) electrons. The lowest BCUT2D eigenvalue weighted by atomic mass is 10.1. The number of carboxylic acid groups (broad SMARTS) is 1. The molecular weight excluding hydrogens is 236 g/mol. The van der Waals surface area contributed by atoms with Crippen LogP contribution in [0.1, 0.15) is 11.5 Å². The van der Waals surface area contributed by atoms with Gasteiger partial charge < -0.3 is 14.6 Å². The van der Waals surface area contributed by atoms with Crippen LogP contribution in [-0.4, -0.2) is 26.4 Å². The summed E-state index contributed by atoms with van der Waals surface area (Å²) in [5, 5.41) is 25.5. The zero-order chi connectivity index (χ0) is 13.1. The fourth-order valence-electron chi connectivity index (χ4n) is 1.41. The number of hydrogen-bond acceptors (Lipinski definition) is 5. The van der Waals surface area contributed by atoms with Crippen LogP contribution in [0.5, 0.6) is 5.75 Å². The topological polar surface area (TPSA) is 96.5 Å². The number of phenols is 1. The Morgan fingerprint density at radius 2 is 2.17 bits per heavy atom. The summed E-state index contributed by atoms with van der Waals surface area (Å²) in [6.07, 6.45) is 2.11. The maximum atomic E-state index is 10.3. The number of rotatable bonds is 3. The SMILES string of the molecule is Cc1c(O)cccc1-c1nnc(/C=C/C(=O)O)o1. The van der Waals surface area contributed by atoms with Gasteiger partial charge in [-0.25, -0.2) is 4.79 Å². The predicted octanol–water partition coefficient (Wildman–Crippen LogP) is 1.85. The highest BCUT2D eigenvalue weighted by Gasteiger charge is 2.11. The highest BCUT2D eigenvalue weighted by Crippen LogP contribution is 2.28. The van der Waals surface area contributed by atoms with Gasteiger partial charge in [-0.1, -0.05) is 6.07 Å². The van der Waals surface area contributed by atoms with Gasteiger partial charge in [-0.2, -0.15) is 0 Å². The number of aromatic hydroxyl groups is 1. The monoisotopic (exact) mass is 246 g/mol. The molecule has 2 aromatic rings. The van der Waals surface area contributed by atoms with Crippen molar-refractivity contribution in [2.75, 3.05) is 0 Å². The molecule has 6 heteroatoms. The normalized spacial score (nSPS) is 10.9. The van der Waals surface area contributed by atoms with Gasteiger partial charge in [0, 0.05) is 23.3 Å². The molecule has 0 spiro atoms. The summed E-state index contributed by atoms with van der Waals surface area (Å²) in [5.41, 5.74) is 1.23. The molecule has 0 saturated heterocycles. The first-order valence-corrected chi connectivity index (χ1v) is 5.11. The summed E-state index contributed by atoms with van der Waals surface area (Å²) in [5.74, 6) is -0.639. The van der Waals surface area contributed by atoms with E-state index in [9.17, 15) is 9.90 Å². The molecule has 0 aliphatic carbocycles. The van der Waals surface area contributed by atoms with Crippen molar-refractivity contribution in [3.05, 3.63) is 35.7 Å². The first kappa shape index (κ1) is 11.8. The van der Waals surface area contributed by atoms with E-state index in [-0.39, 0.29) is 17.5 Å². The van der Waals surface area contributed by atoms with Gasteiger partial charge >= 0.3 is 5.97 Å². The fraction of sp³-hybridized carbons (Fsp3) is 0.0833. The third-order valence-corrected chi connectivity index (χ3v) is 2.34. The highest BCUT2D eigenvalue weighted by molar-refractivity contribution is 5.84. The van der Waals surface area contributed by atoms with Gasteiger partial charge in [0.05, 0.1) is 0 Å². The van der Waals surface area contributed by atoms with Crippen molar-refractivity contribution >= 4 is 12.0 Å². The van der Waals surface area contributed by atoms with Gasteiger partial charge in [0.2, 0.25) is 11.8 Å². The zero-order valence-corrected chi connectivity index (χ0v) is 9.49. The molecule has 0 atom stereocenters. The van der Waals surface area contributed by atoms with Crippen molar-refractivity contribution in [2.45, 2.75) is 6.92 Å². The Labute approximate surface area is 102 Å².